The third-order valence-corrected chi connectivity index (χ3v) is 4.28. The summed E-state index contributed by atoms with van der Waals surface area (Å²) in [5, 5.41) is 6.14. The van der Waals surface area contributed by atoms with Gasteiger partial charge in [0.2, 0.25) is 0 Å². The van der Waals surface area contributed by atoms with Gasteiger partial charge in [0.1, 0.15) is 16.5 Å². The molecular weight excluding hydrogens is 359 g/mol. The molecule has 0 atom stereocenters. The number of thiazole rings is 1. The lowest BCUT2D eigenvalue weighted by atomic mass is 10.3. The zero-order chi connectivity index (χ0) is 15.4. The second kappa shape index (κ2) is 6.86. The van der Waals surface area contributed by atoms with Crippen LogP contribution in [0.15, 0.2) is 22.7 Å². The Morgan fingerprint density at radius 1 is 1.52 bits per heavy atom. The average molecular weight is 373 g/mol. The van der Waals surface area contributed by atoms with E-state index in [2.05, 4.69) is 31.5 Å². The summed E-state index contributed by atoms with van der Waals surface area (Å²) in [7, 11) is 0. The zero-order valence-corrected chi connectivity index (χ0v) is 13.6. The molecule has 5 nitrogen and oxygen atoms in total. The summed E-state index contributed by atoms with van der Waals surface area (Å²) in [4.78, 5) is 16.5. The first-order valence-corrected chi connectivity index (χ1v) is 7.89. The maximum atomic E-state index is 13.7. The smallest absolute Gasteiger partial charge is 0.269 e. The van der Waals surface area contributed by atoms with Gasteiger partial charge in [0.05, 0.1) is 5.69 Å². The molecule has 0 unspecified atom stereocenters. The van der Waals surface area contributed by atoms with Crippen molar-refractivity contribution in [2.24, 2.45) is 0 Å². The molecular formula is C13H14BrFN4OS. The van der Waals surface area contributed by atoms with Crippen LogP contribution in [0.25, 0.3) is 0 Å². The van der Waals surface area contributed by atoms with Crippen LogP contribution in [0, 0.1) is 5.82 Å². The highest BCUT2D eigenvalue weighted by Crippen LogP contribution is 2.29. The number of carbonyl (C=O) groups excluding carboxylic acids is 1. The van der Waals surface area contributed by atoms with E-state index in [4.69, 9.17) is 5.73 Å². The second-order valence-electron chi connectivity index (χ2n) is 4.21. The molecule has 0 aliphatic rings. The molecule has 8 heteroatoms. The Hall–Kier alpha value is -1.67. The van der Waals surface area contributed by atoms with Crippen LogP contribution in [-0.4, -0.2) is 17.4 Å². The van der Waals surface area contributed by atoms with E-state index in [1.807, 2.05) is 6.92 Å². The van der Waals surface area contributed by atoms with Crippen molar-refractivity contribution in [3.8, 4) is 0 Å². The normalized spacial score (nSPS) is 10.4. The maximum absolute atomic E-state index is 13.7. The van der Waals surface area contributed by atoms with Crippen molar-refractivity contribution in [2.45, 2.75) is 13.3 Å². The Morgan fingerprint density at radius 2 is 2.29 bits per heavy atom. The molecule has 0 saturated carbocycles. The lowest BCUT2D eigenvalue weighted by Gasteiger charge is -2.07. The Bertz CT molecular complexity index is 641. The number of nitrogens with two attached hydrogens (primary N) is 1. The highest BCUT2D eigenvalue weighted by molar-refractivity contribution is 9.10. The number of nitrogens with one attached hydrogen (secondary N) is 2. The van der Waals surface area contributed by atoms with Gasteiger partial charge in [0, 0.05) is 11.0 Å². The molecule has 0 saturated heterocycles. The van der Waals surface area contributed by atoms with E-state index in [0.717, 1.165) is 24.3 Å². The summed E-state index contributed by atoms with van der Waals surface area (Å²) in [6.45, 7) is 2.76. The first-order valence-electron chi connectivity index (χ1n) is 6.28. The zero-order valence-electron chi connectivity index (χ0n) is 11.2. The third-order valence-electron chi connectivity index (χ3n) is 2.59. The van der Waals surface area contributed by atoms with Gasteiger partial charge in [0.15, 0.2) is 5.13 Å². The minimum atomic E-state index is -0.523. The predicted molar refractivity (Wildman–Crippen MR) is 87.4 cm³/mol. The van der Waals surface area contributed by atoms with Crippen LogP contribution < -0.4 is 16.4 Å². The van der Waals surface area contributed by atoms with Crippen LogP contribution in [0.2, 0.25) is 0 Å². The van der Waals surface area contributed by atoms with Crippen LogP contribution in [0.3, 0.4) is 0 Å². The monoisotopic (exact) mass is 372 g/mol. The fraction of sp³-hybridized carbons (Fsp3) is 0.231. The van der Waals surface area contributed by atoms with E-state index < -0.39 is 11.7 Å². The van der Waals surface area contributed by atoms with E-state index in [0.29, 0.717) is 9.60 Å². The maximum Gasteiger partial charge on any atom is 0.269 e. The van der Waals surface area contributed by atoms with Gasteiger partial charge < -0.3 is 16.4 Å². The Morgan fingerprint density at radius 3 is 2.95 bits per heavy atom. The summed E-state index contributed by atoms with van der Waals surface area (Å²) in [6, 6.07) is 4.45. The number of benzene rings is 1. The fourth-order valence-electron chi connectivity index (χ4n) is 1.59. The first kappa shape index (κ1) is 15.7. The van der Waals surface area contributed by atoms with Crippen LogP contribution >= 0.6 is 27.3 Å². The topological polar surface area (TPSA) is 80.0 Å². The predicted octanol–water partition coefficient (Wildman–Crippen LogP) is 3.70. The van der Waals surface area contributed by atoms with E-state index in [9.17, 15) is 9.18 Å². The van der Waals surface area contributed by atoms with Crippen LogP contribution in [-0.2, 0) is 0 Å². The highest BCUT2D eigenvalue weighted by atomic mass is 79.9. The van der Waals surface area contributed by atoms with Crippen molar-refractivity contribution in [3.63, 3.8) is 0 Å². The number of nitrogen functional groups attached to an aromatic ring is 1. The van der Waals surface area contributed by atoms with Gasteiger partial charge in [-0.1, -0.05) is 24.3 Å². The molecule has 4 N–H and O–H groups in total. The minimum Gasteiger partial charge on any atom is -0.382 e. The molecule has 2 rings (SSSR count). The number of hydrogen-bond acceptors (Lipinski definition) is 5. The molecule has 112 valence electrons. The summed E-state index contributed by atoms with van der Waals surface area (Å²) in [5.41, 5.74) is 5.82. The summed E-state index contributed by atoms with van der Waals surface area (Å²) in [5.74, 6) is -0.881. The number of amides is 1. The van der Waals surface area contributed by atoms with E-state index >= 15 is 0 Å². The number of rotatable bonds is 5. The van der Waals surface area contributed by atoms with Crippen molar-refractivity contribution in [1.29, 1.82) is 0 Å². The second-order valence-corrected chi connectivity index (χ2v) is 6.06. The summed E-state index contributed by atoms with van der Waals surface area (Å²) < 4.78 is 14.2. The van der Waals surface area contributed by atoms with Crippen molar-refractivity contribution >= 4 is 49.8 Å². The van der Waals surface area contributed by atoms with Crippen molar-refractivity contribution in [1.82, 2.24) is 4.98 Å². The van der Waals surface area contributed by atoms with E-state index in [1.54, 1.807) is 12.1 Å². The fourth-order valence-corrected chi connectivity index (χ4v) is 2.84. The Labute approximate surface area is 133 Å². The molecule has 1 aromatic carbocycles. The average Bonchev–Trinajstić information content (AvgIpc) is 2.82. The molecule has 0 spiro atoms. The van der Waals surface area contributed by atoms with Gasteiger partial charge in [0.25, 0.3) is 5.91 Å². The lowest BCUT2D eigenvalue weighted by molar-refractivity contribution is 0.103. The van der Waals surface area contributed by atoms with Gasteiger partial charge in [-0.3, -0.25) is 4.79 Å². The largest absolute Gasteiger partial charge is 0.382 e. The number of hydrogen-bond donors (Lipinski definition) is 3. The quantitative estimate of drug-likeness (QED) is 0.747. The summed E-state index contributed by atoms with van der Waals surface area (Å²) >= 11 is 4.34. The molecule has 1 aromatic heterocycles. The van der Waals surface area contributed by atoms with Gasteiger partial charge in [-0.15, -0.1) is 0 Å². The van der Waals surface area contributed by atoms with Gasteiger partial charge in [-0.25, -0.2) is 9.37 Å². The van der Waals surface area contributed by atoms with E-state index in [1.165, 1.54) is 6.07 Å². The number of nitrogens with zero attached hydrogens (tertiary/aromatic N) is 1. The first-order chi connectivity index (χ1) is 10.0. The van der Waals surface area contributed by atoms with Crippen molar-refractivity contribution in [2.75, 3.05) is 22.9 Å². The molecule has 2 aromatic rings. The molecule has 21 heavy (non-hydrogen) atoms. The molecule has 0 bridgehead atoms. The Kier molecular flexibility index (Phi) is 5.13. The number of halogens is 2. The number of carbonyl (C=O) groups is 1. The molecule has 0 radical (unpaired) electrons. The standard InChI is InChI=1S/C13H14BrFN4OS/c1-2-6-17-13-19-11(16)10(21-13)12(20)18-9-7(14)4-3-5-8(9)15/h3-5H,2,6,16H2,1H3,(H,17,19)(H,18,20). The third kappa shape index (κ3) is 3.70. The van der Waals surface area contributed by atoms with Crippen molar-refractivity contribution in [3.05, 3.63) is 33.4 Å². The van der Waals surface area contributed by atoms with Crippen LogP contribution in [0.1, 0.15) is 23.0 Å². The molecule has 0 aliphatic heterocycles. The summed E-state index contributed by atoms with van der Waals surface area (Å²) in [6.07, 6.45) is 0.934. The molecule has 0 fully saturated rings. The number of aromatic nitrogens is 1. The molecule has 1 amide bonds. The number of anilines is 3. The lowest BCUT2D eigenvalue weighted by Crippen LogP contribution is -2.13. The van der Waals surface area contributed by atoms with Crippen LogP contribution in [0.5, 0.6) is 0 Å². The Balaban J connectivity index is 2.19. The van der Waals surface area contributed by atoms with E-state index in [-0.39, 0.29) is 16.4 Å². The van der Waals surface area contributed by atoms with Crippen LogP contribution in [0.4, 0.5) is 21.0 Å². The molecule has 0 aliphatic carbocycles. The molecule has 1 heterocycles. The van der Waals surface area contributed by atoms with Crippen molar-refractivity contribution < 1.29 is 9.18 Å². The SMILES string of the molecule is CCCNc1nc(N)c(C(=O)Nc2c(F)cccc2Br)s1. The van der Waals surface area contributed by atoms with Gasteiger partial charge >= 0.3 is 0 Å². The minimum absolute atomic E-state index is 0.0818. The van der Waals surface area contributed by atoms with Gasteiger partial charge in [-0.2, -0.15) is 0 Å². The number of para-hydroxylation sites is 1. The van der Waals surface area contributed by atoms with Gasteiger partial charge in [-0.05, 0) is 34.5 Å². The highest BCUT2D eigenvalue weighted by Gasteiger charge is 2.18.